The number of nitrogen functional groups attached to an aromatic ring is 1. The number of carboxylic acids is 2. The van der Waals surface area contributed by atoms with Crippen LogP contribution in [0.5, 0.6) is 5.75 Å². The predicted molar refractivity (Wildman–Crippen MR) is 125 cm³/mol. The molecule has 176 valence electrons. The Morgan fingerprint density at radius 2 is 1.72 bits per heavy atom. The summed E-state index contributed by atoms with van der Waals surface area (Å²) < 4.78 is 5.06. The number of thioether (sulfide) groups is 1. The first-order valence-electron chi connectivity index (χ1n) is 9.93. The van der Waals surface area contributed by atoms with E-state index < -0.39 is 22.9 Å². The molecule has 1 unspecified atom stereocenters. The Labute approximate surface area is 191 Å². The second-order valence-corrected chi connectivity index (χ2v) is 8.30. The van der Waals surface area contributed by atoms with Gasteiger partial charge in [-0.05, 0) is 49.2 Å². The minimum Gasteiger partial charge on any atom is -0.497 e. The Kier molecular flexibility index (Phi) is 11.6. The number of carboxylic acid groups (broad SMARTS) is 2. The van der Waals surface area contributed by atoms with Crippen LogP contribution < -0.4 is 21.9 Å². The van der Waals surface area contributed by atoms with E-state index in [-0.39, 0.29) is 6.42 Å². The largest absolute Gasteiger partial charge is 0.497 e. The zero-order valence-electron chi connectivity index (χ0n) is 17.9. The number of nitrogens with two attached hydrogens (primary N) is 3. The van der Waals surface area contributed by atoms with Crippen LogP contribution in [0.25, 0.3) is 0 Å². The Morgan fingerprint density at radius 3 is 2.22 bits per heavy atom. The van der Waals surface area contributed by atoms with Gasteiger partial charge in [-0.2, -0.15) is 0 Å². The van der Waals surface area contributed by atoms with Crippen LogP contribution in [0.1, 0.15) is 24.8 Å². The van der Waals surface area contributed by atoms with Crippen molar-refractivity contribution in [3.63, 3.8) is 0 Å². The summed E-state index contributed by atoms with van der Waals surface area (Å²) in [5, 5.41) is 28.3. The maximum absolute atomic E-state index is 11.5. The molecule has 2 atom stereocenters. The first kappa shape index (κ1) is 27.2. The van der Waals surface area contributed by atoms with Gasteiger partial charge in [0, 0.05) is 17.0 Å². The highest BCUT2D eigenvalue weighted by molar-refractivity contribution is 8.01. The van der Waals surface area contributed by atoms with Crippen molar-refractivity contribution in [1.29, 1.82) is 0 Å². The van der Waals surface area contributed by atoms with E-state index in [0.717, 1.165) is 24.6 Å². The number of ether oxygens (including phenoxy) is 1. The molecule has 0 amide bonds. The van der Waals surface area contributed by atoms with E-state index in [0.29, 0.717) is 34.9 Å². The molecule has 9 N–H and O–H groups in total. The molecule has 2 aromatic rings. The molecule has 32 heavy (non-hydrogen) atoms. The van der Waals surface area contributed by atoms with Crippen LogP contribution in [-0.2, 0) is 16.0 Å². The van der Waals surface area contributed by atoms with Gasteiger partial charge in [-0.3, -0.25) is 4.79 Å². The third kappa shape index (κ3) is 9.15. The van der Waals surface area contributed by atoms with Crippen molar-refractivity contribution >= 4 is 29.4 Å². The lowest BCUT2D eigenvalue weighted by molar-refractivity contribution is -0.149. The Bertz CT molecular complexity index is 865. The average Bonchev–Trinajstić information content (AvgIpc) is 2.76. The first-order chi connectivity index (χ1) is 15.1. The summed E-state index contributed by atoms with van der Waals surface area (Å²) in [6.07, 6.45) is 2.11. The van der Waals surface area contributed by atoms with Crippen LogP contribution >= 0.6 is 11.8 Å². The zero-order chi connectivity index (χ0) is 24.1. The molecule has 0 spiro atoms. The number of methoxy groups -OCH3 is 1. The maximum atomic E-state index is 11.5. The van der Waals surface area contributed by atoms with Gasteiger partial charge in [-0.25, -0.2) is 4.79 Å². The van der Waals surface area contributed by atoms with Crippen molar-refractivity contribution in [2.75, 3.05) is 19.4 Å². The quantitative estimate of drug-likeness (QED) is 0.124. The van der Waals surface area contributed by atoms with Crippen LogP contribution in [0.2, 0.25) is 0 Å². The van der Waals surface area contributed by atoms with Crippen molar-refractivity contribution in [3.05, 3.63) is 54.1 Å². The standard InChI is InChI=1S/C16H17NO4S.C6H14N2O2/c1-21-12-8-6-11(7-9-12)10-16(20,15(18)19)22-14-5-3-2-4-13(14)17;7-4-2-1-3-5(8)6(9)10/h2-9,20H,10,17H2,1H3,(H,18,19);5H,1-4,7-8H2,(H,9,10)/t;5-/m.0/s1. The van der Waals surface area contributed by atoms with E-state index in [4.69, 9.17) is 27.0 Å². The fourth-order valence-corrected chi connectivity index (χ4v) is 3.59. The minimum atomic E-state index is -2.00. The summed E-state index contributed by atoms with van der Waals surface area (Å²) in [5.41, 5.74) is 17.4. The number of carbonyl (C=O) groups is 2. The Balaban J connectivity index is 0.000000433. The van der Waals surface area contributed by atoms with Gasteiger partial charge in [0.1, 0.15) is 11.8 Å². The molecule has 2 aromatic carbocycles. The van der Waals surface area contributed by atoms with Gasteiger partial charge in [0.25, 0.3) is 0 Å². The lowest BCUT2D eigenvalue weighted by atomic mass is 10.1. The highest BCUT2D eigenvalue weighted by Gasteiger charge is 2.38. The van der Waals surface area contributed by atoms with Gasteiger partial charge < -0.3 is 37.3 Å². The first-order valence-corrected chi connectivity index (χ1v) is 10.7. The molecule has 2 rings (SSSR count). The van der Waals surface area contributed by atoms with E-state index in [2.05, 4.69) is 0 Å². The van der Waals surface area contributed by atoms with Crippen molar-refractivity contribution in [2.24, 2.45) is 11.5 Å². The molecule has 0 saturated carbocycles. The second-order valence-electron chi connectivity index (χ2n) is 6.98. The second kappa shape index (κ2) is 13.6. The van der Waals surface area contributed by atoms with E-state index >= 15 is 0 Å². The fourth-order valence-electron chi connectivity index (χ4n) is 2.56. The number of unbranched alkanes of at least 4 members (excludes halogenated alkanes) is 1. The molecule has 0 aliphatic heterocycles. The predicted octanol–water partition coefficient (Wildman–Crippen LogP) is 1.91. The van der Waals surface area contributed by atoms with Gasteiger partial charge in [-0.15, -0.1) is 0 Å². The number of aliphatic carboxylic acids is 2. The van der Waals surface area contributed by atoms with Gasteiger partial charge in [0.15, 0.2) is 0 Å². The highest BCUT2D eigenvalue weighted by atomic mass is 32.2. The molecule has 10 heteroatoms. The van der Waals surface area contributed by atoms with Crippen LogP contribution in [0, 0.1) is 0 Å². The molecular weight excluding hydrogens is 434 g/mol. The van der Waals surface area contributed by atoms with Crippen LogP contribution in [0.15, 0.2) is 53.4 Å². The molecule has 0 bridgehead atoms. The van der Waals surface area contributed by atoms with Crippen molar-refractivity contribution in [1.82, 2.24) is 0 Å². The Hall–Kier alpha value is -2.79. The summed E-state index contributed by atoms with van der Waals surface area (Å²) in [7, 11) is 1.55. The molecule has 0 aliphatic rings. The summed E-state index contributed by atoms with van der Waals surface area (Å²) in [5.74, 6) is -1.57. The highest BCUT2D eigenvalue weighted by Crippen LogP contribution is 2.37. The number of aliphatic hydroxyl groups is 1. The zero-order valence-corrected chi connectivity index (χ0v) is 18.8. The Morgan fingerprint density at radius 1 is 1.09 bits per heavy atom. The van der Waals surface area contributed by atoms with Gasteiger partial charge in [-0.1, -0.05) is 42.4 Å². The molecule has 0 aromatic heterocycles. The molecule has 0 aliphatic carbocycles. The third-order valence-corrected chi connectivity index (χ3v) is 5.67. The lowest BCUT2D eigenvalue weighted by Gasteiger charge is -2.23. The van der Waals surface area contributed by atoms with Crippen molar-refractivity contribution in [3.8, 4) is 5.75 Å². The monoisotopic (exact) mass is 465 g/mol. The van der Waals surface area contributed by atoms with E-state index in [1.165, 1.54) is 0 Å². The van der Waals surface area contributed by atoms with Gasteiger partial charge in [0.05, 0.1) is 7.11 Å². The summed E-state index contributed by atoms with van der Waals surface area (Å²) >= 11 is 0.830. The lowest BCUT2D eigenvalue weighted by Crippen LogP contribution is -2.37. The van der Waals surface area contributed by atoms with Gasteiger partial charge in [0.2, 0.25) is 4.93 Å². The molecule has 0 heterocycles. The summed E-state index contributed by atoms with van der Waals surface area (Å²) in [6, 6.07) is 13.0. The van der Waals surface area contributed by atoms with Crippen molar-refractivity contribution in [2.45, 2.75) is 41.6 Å². The number of hydrogen-bond donors (Lipinski definition) is 6. The molecule has 9 nitrogen and oxygen atoms in total. The normalized spacial score (nSPS) is 13.2. The van der Waals surface area contributed by atoms with E-state index in [9.17, 15) is 19.8 Å². The number of anilines is 1. The van der Waals surface area contributed by atoms with E-state index in [1.54, 1.807) is 55.6 Å². The number of benzene rings is 2. The van der Waals surface area contributed by atoms with Crippen molar-refractivity contribution < 1.29 is 29.6 Å². The summed E-state index contributed by atoms with van der Waals surface area (Å²) in [6.45, 7) is 0.604. The molecule has 0 saturated heterocycles. The maximum Gasteiger partial charge on any atom is 0.347 e. The van der Waals surface area contributed by atoms with Gasteiger partial charge >= 0.3 is 11.9 Å². The molecule has 0 fully saturated rings. The topological polar surface area (TPSA) is 182 Å². The number of hydrogen-bond acceptors (Lipinski definition) is 8. The summed E-state index contributed by atoms with van der Waals surface area (Å²) in [4.78, 5) is 20.2. The van der Waals surface area contributed by atoms with Crippen LogP contribution in [-0.4, -0.2) is 51.9 Å². The molecule has 0 radical (unpaired) electrons. The van der Waals surface area contributed by atoms with E-state index in [1.807, 2.05) is 0 Å². The smallest absolute Gasteiger partial charge is 0.347 e. The van der Waals surface area contributed by atoms with Crippen LogP contribution in [0.4, 0.5) is 5.69 Å². The van der Waals surface area contributed by atoms with Crippen LogP contribution in [0.3, 0.4) is 0 Å². The number of para-hydroxylation sites is 1. The fraction of sp³-hybridized carbons (Fsp3) is 0.364. The number of rotatable bonds is 11. The average molecular weight is 466 g/mol. The minimum absolute atomic E-state index is 0.0503. The SMILES string of the molecule is COc1ccc(CC(O)(Sc2ccccc2N)C(=O)O)cc1.NCCCC[C@H](N)C(=O)O. The third-order valence-electron chi connectivity index (χ3n) is 4.42. The molecular formula is C22H31N3O6S.